The Kier molecular flexibility index (Phi) is 8.30. The number of hydrogen-bond acceptors (Lipinski definition) is 5. The van der Waals surface area contributed by atoms with E-state index in [4.69, 9.17) is 0 Å². The zero-order valence-electron chi connectivity index (χ0n) is 16.4. The van der Waals surface area contributed by atoms with Crippen molar-refractivity contribution in [2.75, 3.05) is 33.2 Å². The third-order valence-electron chi connectivity index (χ3n) is 4.33. The fraction of sp³-hybridized carbons (Fsp3) is 0.632. The number of halogens is 1. The molecule has 1 aliphatic heterocycles. The number of likely N-dealkylation sites (N-methyl/N-ethyl adjacent to an activating group) is 1. The Morgan fingerprint density at radius 1 is 1.23 bits per heavy atom. The van der Waals surface area contributed by atoms with Crippen molar-refractivity contribution in [3.8, 4) is 0 Å². The summed E-state index contributed by atoms with van der Waals surface area (Å²) < 4.78 is 13.5. The van der Waals surface area contributed by atoms with Crippen LogP contribution in [-0.4, -0.2) is 54.2 Å². The molecule has 6 nitrogen and oxygen atoms in total. The van der Waals surface area contributed by atoms with Crippen LogP contribution in [0.4, 0.5) is 10.1 Å². The van der Waals surface area contributed by atoms with Crippen LogP contribution in [0.1, 0.15) is 38.3 Å². The highest BCUT2D eigenvalue weighted by molar-refractivity contribution is 5.50. The molecule has 146 valence electrons. The van der Waals surface area contributed by atoms with E-state index in [2.05, 4.69) is 16.8 Å². The molecule has 1 fully saturated rings. The Balaban J connectivity index is 0.000000412. The summed E-state index contributed by atoms with van der Waals surface area (Å²) in [5.41, 5.74) is 1.31. The number of carbonyl (C=O) groups is 1. The van der Waals surface area contributed by atoms with Gasteiger partial charge in [-0.2, -0.15) is 0 Å². The first-order chi connectivity index (χ1) is 12.0. The van der Waals surface area contributed by atoms with Crippen molar-refractivity contribution in [3.63, 3.8) is 0 Å². The summed E-state index contributed by atoms with van der Waals surface area (Å²) in [6.07, 6.45) is 1.62. The summed E-state index contributed by atoms with van der Waals surface area (Å²) in [7, 11) is 2.07. The number of nitrogens with zero attached hydrogens (tertiary/aromatic N) is 3. The van der Waals surface area contributed by atoms with Crippen LogP contribution in [0.5, 0.6) is 0 Å². The minimum Gasteiger partial charge on any atom is -0.304 e. The molecule has 0 amide bonds. The minimum atomic E-state index is -0.540. The average molecular weight is 367 g/mol. The molecule has 0 spiro atoms. The largest absolute Gasteiger partial charge is 0.304 e. The highest BCUT2D eigenvalue weighted by Crippen LogP contribution is 2.24. The van der Waals surface area contributed by atoms with Gasteiger partial charge in [0.2, 0.25) is 0 Å². The van der Waals surface area contributed by atoms with Crippen molar-refractivity contribution in [2.24, 2.45) is 5.41 Å². The van der Waals surface area contributed by atoms with Gasteiger partial charge in [-0.25, -0.2) is 4.39 Å². The van der Waals surface area contributed by atoms with Crippen molar-refractivity contribution in [3.05, 3.63) is 39.2 Å². The van der Waals surface area contributed by atoms with Crippen molar-refractivity contribution in [2.45, 2.75) is 40.7 Å². The van der Waals surface area contributed by atoms with Gasteiger partial charge in [0.05, 0.1) is 11.0 Å². The Morgan fingerprint density at radius 3 is 2.23 bits per heavy atom. The highest BCUT2D eigenvalue weighted by atomic mass is 19.1. The summed E-state index contributed by atoms with van der Waals surface area (Å²) in [6.45, 7) is 12.1. The van der Waals surface area contributed by atoms with Gasteiger partial charge in [-0.15, -0.1) is 0 Å². The molecular weight excluding hydrogens is 337 g/mol. The number of nitro benzene ring substituents is 1. The van der Waals surface area contributed by atoms with E-state index in [9.17, 15) is 19.3 Å². The SMILES string of the molecule is CC(C)(C)CC=O.Cc1c(CN2CCN(C)CC2)cc(F)cc1[N+](=O)[O-]. The summed E-state index contributed by atoms with van der Waals surface area (Å²) in [5, 5.41) is 10.9. The molecule has 0 radical (unpaired) electrons. The number of carbonyl (C=O) groups excluding carboxylic acids is 1. The maximum atomic E-state index is 13.5. The van der Waals surface area contributed by atoms with Crippen LogP contribution >= 0.6 is 0 Å². The molecule has 1 aliphatic rings. The summed E-state index contributed by atoms with van der Waals surface area (Å²) in [6, 6.07) is 2.39. The third kappa shape index (κ3) is 7.58. The van der Waals surface area contributed by atoms with Gasteiger partial charge in [-0.05, 0) is 31.0 Å². The van der Waals surface area contributed by atoms with Gasteiger partial charge in [0.25, 0.3) is 5.69 Å². The Hall–Kier alpha value is -1.86. The van der Waals surface area contributed by atoms with E-state index in [1.54, 1.807) is 6.92 Å². The standard InChI is InChI=1S/C13H18FN3O2.C6H12O/c1-10-11(7-12(14)8-13(10)17(18)19)9-16-5-3-15(2)4-6-16;1-6(2,3)4-5-7/h7-8H,3-6,9H2,1-2H3;5H,4H2,1-3H3. The van der Waals surface area contributed by atoms with E-state index in [0.29, 0.717) is 24.1 Å². The molecule has 0 saturated carbocycles. The molecule has 0 aromatic heterocycles. The van der Waals surface area contributed by atoms with Crippen LogP contribution in [-0.2, 0) is 11.3 Å². The molecule has 2 rings (SSSR count). The lowest BCUT2D eigenvalue weighted by molar-refractivity contribution is -0.385. The number of piperazine rings is 1. The first kappa shape index (κ1) is 22.2. The number of nitro groups is 1. The average Bonchev–Trinajstić information content (AvgIpc) is 2.52. The van der Waals surface area contributed by atoms with Crippen molar-refractivity contribution < 1.29 is 14.1 Å². The fourth-order valence-corrected chi connectivity index (χ4v) is 2.57. The third-order valence-corrected chi connectivity index (χ3v) is 4.33. The van der Waals surface area contributed by atoms with Crippen molar-refractivity contribution >= 4 is 12.0 Å². The lowest BCUT2D eigenvalue weighted by atomic mass is 9.93. The Morgan fingerprint density at radius 2 is 1.81 bits per heavy atom. The smallest absolute Gasteiger partial charge is 0.275 e. The Bertz CT molecular complexity index is 621. The predicted molar refractivity (Wildman–Crippen MR) is 101 cm³/mol. The zero-order valence-corrected chi connectivity index (χ0v) is 16.4. The molecule has 0 aliphatic carbocycles. The molecule has 1 saturated heterocycles. The normalized spacial score (nSPS) is 15.9. The van der Waals surface area contributed by atoms with E-state index >= 15 is 0 Å². The van der Waals surface area contributed by atoms with Crippen LogP contribution < -0.4 is 0 Å². The van der Waals surface area contributed by atoms with Gasteiger partial charge in [-0.1, -0.05) is 20.8 Å². The van der Waals surface area contributed by atoms with E-state index in [0.717, 1.165) is 38.5 Å². The molecular formula is C19H30FN3O3. The second-order valence-corrected chi connectivity index (χ2v) is 7.98. The molecule has 1 aromatic rings. The van der Waals surface area contributed by atoms with Gasteiger partial charge >= 0.3 is 0 Å². The van der Waals surface area contributed by atoms with Crippen molar-refractivity contribution in [1.29, 1.82) is 0 Å². The molecule has 0 bridgehead atoms. The monoisotopic (exact) mass is 367 g/mol. The lowest BCUT2D eigenvalue weighted by Gasteiger charge is -2.32. The maximum absolute atomic E-state index is 13.5. The van der Waals surface area contributed by atoms with Crippen molar-refractivity contribution in [1.82, 2.24) is 9.80 Å². The van der Waals surface area contributed by atoms with Crippen LogP contribution in [0.25, 0.3) is 0 Å². The molecule has 0 atom stereocenters. The summed E-state index contributed by atoms with van der Waals surface area (Å²) in [5.74, 6) is -0.540. The van der Waals surface area contributed by atoms with Crippen LogP contribution in [0.15, 0.2) is 12.1 Å². The lowest BCUT2D eigenvalue weighted by Crippen LogP contribution is -2.44. The predicted octanol–water partition coefficient (Wildman–Crippen LogP) is 3.41. The van der Waals surface area contributed by atoms with Gasteiger partial charge < -0.3 is 9.69 Å². The van der Waals surface area contributed by atoms with E-state index < -0.39 is 10.7 Å². The van der Waals surface area contributed by atoms with Crippen LogP contribution in [0, 0.1) is 28.3 Å². The molecule has 0 N–H and O–H groups in total. The van der Waals surface area contributed by atoms with Gasteiger partial charge in [0.15, 0.2) is 0 Å². The number of hydrogen-bond donors (Lipinski definition) is 0. The highest BCUT2D eigenvalue weighted by Gasteiger charge is 2.20. The van der Waals surface area contributed by atoms with E-state index in [-0.39, 0.29) is 11.1 Å². The summed E-state index contributed by atoms with van der Waals surface area (Å²) in [4.78, 5) is 24.6. The van der Waals surface area contributed by atoms with E-state index in [1.807, 2.05) is 20.8 Å². The quantitative estimate of drug-likeness (QED) is 0.463. The number of benzene rings is 1. The molecule has 0 unspecified atom stereocenters. The second-order valence-electron chi connectivity index (χ2n) is 7.98. The molecule has 1 heterocycles. The number of rotatable bonds is 4. The number of aldehydes is 1. The topological polar surface area (TPSA) is 66.7 Å². The zero-order chi connectivity index (χ0) is 19.9. The Labute approximate surface area is 155 Å². The van der Waals surface area contributed by atoms with Gasteiger partial charge in [0, 0.05) is 44.7 Å². The first-order valence-electron chi connectivity index (χ1n) is 8.81. The maximum Gasteiger partial charge on any atom is 0.275 e. The minimum absolute atomic E-state index is 0.135. The van der Waals surface area contributed by atoms with Gasteiger partial charge in [-0.3, -0.25) is 15.0 Å². The van der Waals surface area contributed by atoms with Crippen LogP contribution in [0.3, 0.4) is 0 Å². The molecule has 7 heteroatoms. The van der Waals surface area contributed by atoms with Crippen LogP contribution in [0.2, 0.25) is 0 Å². The molecule has 26 heavy (non-hydrogen) atoms. The second kappa shape index (κ2) is 9.73. The summed E-state index contributed by atoms with van der Waals surface area (Å²) >= 11 is 0. The fourth-order valence-electron chi connectivity index (χ4n) is 2.57. The first-order valence-corrected chi connectivity index (χ1v) is 8.81. The van der Waals surface area contributed by atoms with E-state index in [1.165, 1.54) is 6.07 Å². The van der Waals surface area contributed by atoms with Gasteiger partial charge in [0.1, 0.15) is 12.1 Å². The molecule has 1 aromatic carbocycles.